The number of Topliss-reactive ketones (excluding diaryl/α,β-unsaturated/α-hetero) is 1. The van der Waals surface area contributed by atoms with Gasteiger partial charge in [0.15, 0.2) is 0 Å². The number of aromatic nitrogens is 1. The minimum Gasteiger partial charge on any atom is -0.369 e. The lowest BCUT2D eigenvalue weighted by atomic mass is 10.1. The van der Waals surface area contributed by atoms with Crippen LogP contribution < -0.4 is 5.73 Å². The summed E-state index contributed by atoms with van der Waals surface area (Å²) in [4.78, 5) is 24.9. The molecule has 0 aliphatic carbocycles. The van der Waals surface area contributed by atoms with Gasteiger partial charge in [0.25, 0.3) is 0 Å². The lowest BCUT2D eigenvalue weighted by molar-refractivity contribution is -0.117. The molecule has 0 unspecified atom stereocenters. The van der Waals surface area contributed by atoms with Crippen molar-refractivity contribution in [2.75, 3.05) is 0 Å². The fourth-order valence-corrected chi connectivity index (χ4v) is 1.58. The predicted octanol–water partition coefficient (Wildman–Crippen LogP) is 2.76. The first-order valence-corrected chi connectivity index (χ1v) is 6.81. The van der Waals surface area contributed by atoms with Crippen LogP contribution in [0.25, 0.3) is 11.3 Å². The molecule has 0 radical (unpaired) electrons. The fourth-order valence-electron chi connectivity index (χ4n) is 1.58. The smallest absolute Gasteiger partial charge is 0.221 e. The molecule has 0 spiro atoms. The van der Waals surface area contributed by atoms with E-state index in [-0.39, 0.29) is 18.1 Å². The monoisotopic (exact) mass is 284 g/mol. The third-order valence-corrected chi connectivity index (χ3v) is 2.76. The van der Waals surface area contributed by atoms with Gasteiger partial charge in [0, 0.05) is 18.2 Å². The van der Waals surface area contributed by atoms with Crippen molar-refractivity contribution in [3.63, 3.8) is 0 Å². The van der Waals surface area contributed by atoms with Gasteiger partial charge in [-0.2, -0.15) is 0 Å². The minimum absolute atomic E-state index is 0.255. The van der Waals surface area contributed by atoms with Crippen LogP contribution in [0.2, 0.25) is 0 Å². The Morgan fingerprint density at radius 3 is 2.38 bits per heavy atom. The number of nitrogens with zero attached hydrogens (tertiary/aromatic N) is 1. The van der Waals surface area contributed by atoms with E-state index in [9.17, 15) is 9.59 Å². The first-order chi connectivity index (χ1) is 10.0. The number of carbonyl (C=O) groups is 2. The van der Waals surface area contributed by atoms with E-state index in [1.165, 1.54) is 0 Å². The van der Waals surface area contributed by atoms with Gasteiger partial charge in [0.2, 0.25) is 5.91 Å². The van der Waals surface area contributed by atoms with Crippen molar-refractivity contribution in [2.45, 2.75) is 26.7 Å². The fraction of sp³-hybridized carbons (Fsp3) is 0.235. The minimum atomic E-state index is -0.321. The molecule has 21 heavy (non-hydrogen) atoms. The van der Waals surface area contributed by atoms with Gasteiger partial charge >= 0.3 is 0 Å². The van der Waals surface area contributed by atoms with Crippen LogP contribution in [0.1, 0.15) is 25.8 Å². The Balaban J connectivity index is 0.000000383. The highest BCUT2D eigenvalue weighted by Crippen LogP contribution is 2.17. The quantitative estimate of drug-likeness (QED) is 0.938. The summed E-state index contributed by atoms with van der Waals surface area (Å²) in [5.74, 6) is -0.0665. The van der Waals surface area contributed by atoms with Crippen molar-refractivity contribution in [3.8, 4) is 11.3 Å². The normalized spacial score (nSPS) is 9.43. The lowest BCUT2D eigenvalue weighted by Crippen LogP contribution is -2.13. The van der Waals surface area contributed by atoms with Crippen LogP contribution >= 0.6 is 0 Å². The molecule has 0 aliphatic rings. The highest BCUT2D eigenvalue weighted by molar-refractivity contribution is 5.77. The standard InChI is InChI=1S/C13H12N2O.C4H8O/c14-13(16)9-10-4-3-5-11(8-10)12-6-1-2-7-15-12;1-3-4(2)5/h1-8H,9H2,(H2,14,16);3H2,1-2H3. The number of rotatable bonds is 4. The lowest BCUT2D eigenvalue weighted by Gasteiger charge is -2.03. The molecule has 4 heteroatoms. The Bertz CT molecular complexity index is 595. The number of hydrogen-bond donors (Lipinski definition) is 1. The van der Waals surface area contributed by atoms with Gasteiger partial charge in [-0.1, -0.05) is 31.2 Å². The number of pyridine rings is 1. The molecule has 110 valence electrons. The molecule has 1 heterocycles. The van der Waals surface area contributed by atoms with Gasteiger partial charge in [-0.3, -0.25) is 9.78 Å². The zero-order chi connectivity index (χ0) is 15.7. The SMILES string of the molecule is CCC(C)=O.NC(=O)Cc1cccc(-c2ccccn2)c1. The van der Waals surface area contributed by atoms with Crippen molar-refractivity contribution in [1.29, 1.82) is 0 Å². The Hall–Kier alpha value is -2.49. The van der Waals surface area contributed by atoms with Crippen molar-refractivity contribution in [1.82, 2.24) is 4.98 Å². The predicted molar refractivity (Wildman–Crippen MR) is 83.5 cm³/mol. The summed E-state index contributed by atoms with van der Waals surface area (Å²) in [6, 6.07) is 13.4. The van der Waals surface area contributed by atoms with Gasteiger partial charge in [-0.25, -0.2) is 0 Å². The maximum atomic E-state index is 10.8. The number of amides is 1. The number of primary amides is 1. The first kappa shape index (κ1) is 16.6. The average molecular weight is 284 g/mol. The molecular formula is C17H20N2O2. The molecule has 1 aromatic carbocycles. The maximum absolute atomic E-state index is 10.8. The topological polar surface area (TPSA) is 73.1 Å². The zero-order valence-electron chi connectivity index (χ0n) is 12.4. The number of carbonyl (C=O) groups excluding carboxylic acids is 2. The van der Waals surface area contributed by atoms with E-state index in [1.54, 1.807) is 13.1 Å². The molecule has 0 aliphatic heterocycles. The Morgan fingerprint density at radius 1 is 1.14 bits per heavy atom. The molecule has 0 saturated carbocycles. The van der Waals surface area contributed by atoms with Crippen LogP contribution in [0.3, 0.4) is 0 Å². The van der Waals surface area contributed by atoms with Crippen molar-refractivity contribution in [3.05, 3.63) is 54.2 Å². The maximum Gasteiger partial charge on any atom is 0.221 e. The third kappa shape index (κ3) is 6.47. The third-order valence-electron chi connectivity index (χ3n) is 2.76. The van der Waals surface area contributed by atoms with Gasteiger partial charge in [-0.15, -0.1) is 0 Å². The van der Waals surface area contributed by atoms with E-state index in [0.717, 1.165) is 16.8 Å². The summed E-state index contributed by atoms with van der Waals surface area (Å²) in [6.45, 7) is 3.43. The summed E-state index contributed by atoms with van der Waals surface area (Å²) >= 11 is 0. The van der Waals surface area contributed by atoms with Crippen molar-refractivity contribution in [2.24, 2.45) is 5.73 Å². The van der Waals surface area contributed by atoms with Gasteiger partial charge in [0.1, 0.15) is 5.78 Å². The van der Waals surface area contributed by atoms with Gasteiger partial charge in [0.05, 0.1) is 12.1 Å². The molecule has 0 fully saturated rings. The van der Waals surface area contributed by atoms with Crippen molar-refractivity contribution < 1.29 is 9.59 Å². The number of hydrogen-bond acceptors (Lipinski definition) is 3. The number of ketones is 1. The zero-order valence-corrected chi connectivity index (χ0v) is 12.4. The largest absolute Gasteiger partial charge is 0.369 e. The molecule has 1 aromatic heterocycles. The second-order valence-electron chi connectivity index (χ2n) is 4.61. The van der Waals surface area contributed by atoms with Crippen LogP contribution in [0.15, 0.2) is 48.7 Å². The van der Waals surface area contributed by atoms with E-state index in [1.807, 2.05) is 49.4 Å². The molecule has 2 rings (SSSR count). The van der Waals surface area contributed by atoms with E-state index in [0.29, 0.717) is 6.42 Å². The second-order valence-corrected chi connectivity index (χ2v) is 4.61. The van der Waals surface area contributed by atoms with Crippen LogP contribution in [0.4, 0.5) is 0 Å². The van der Waals surface area contributed by atoms with Crippen LogP contribution in [-0.2, 0) is 16.0 Å². The average Bonchev–Trinajstić information content (AvgIpc) is 2.48. The van der Waals surface area contributed by atoms with E-state index in [4.69, 9.17) is 5.73 Å². The van der Waals surface area contributed by atoms with Crippen LogP contribution in [0.5, 0.6) is 0 Å². The second kappa shape index (κ2) is 8.64. The molecule has 4 nitrogen and oxygen atoms in total. The molecular weight excluding hydrogens is 264 g/mol. The van der Waals surface area contributed by atoms with Crippen LogP contribution in [-0.4, -0.2) is 16.7 Å². The summed E-state index contributed by atoms with van der Waals surface area (Å²) in [5, 5.41) is 0. The summed E-state index contributed by atoms with van der Waals surface area (Å²) < 4.78 is 0. The summed E-state index contributed by atoms with van der Waals surface area (Å²) in [7, 11) is 0. The first-order valence-electron chi connectivity index (χ1n) is 6.81. The van der Waals surface area contributed by atoms with Crippen molar-refractivity contribution >= 4 is 11.7 Å². The van der Waals surface area contributed by atoms with Gasteiger partial charge in [-0.05, 0) is 30.7 Å². The Morgan fingerprint density at radius 2 is 1.86 bits per heavy atom. The van der Waals surface area contributed by atoms with Gasteiger partial charge < -0.3 is 10.5 Å². The number of nitrogens with two attached hydrogens (primary N) is 1. The molecule has 2 N–H and O–H groups in total. The highest BCUT2D eigenvalue weighted by atomic mass is 16.1. The highest BCUT2D eigenvalue weighted by Gasteiger charge is 2.02. The van der Waals surface area contributed by atoms with E-state index in [2.05, 4.69) is 4.98 Å². The molecule has 0 atom stereocenters. The molecule has 2 aromatic rings. The summed E-state index contributed by atoms with van der Waals surface area (Å²) in [6.07, 6.45) is 2.68. The van der Waals surface area contributed by atoms with E-state index < -0.39 is 0 Å². The molecule has 0 saturated heterocycles. The Labute approximate surface area is 125 Å². The van der Waals surface area contributed by atoms with Crippen LogP contribution in [0, 0.1) is 0 Å². The Kier molecular flexibility index (Phi) is 6.81. The summed E-state index contributed by atoms with van der Waals surface area (Å²) in [5.41, 5.74) is 7.97. The van der Waals surface area contributed by atoms with E-state index >= 15 is 0 Å². The molecule has 0 bridgehead atoms. The molecule has 1 amide bonds. The number of benzene rings is 1.